The molecule has 0 spiro atoms. The van der Waals surface area contributed by atoms with Crippen LogP contribution in [-0.4, -0.2) is 25.8 Å². The zero-order chi connectivity index (χ0) is 11.8. The number of imidazole rings is 2. The predicted octanol–water partition coefficient (Wildman–Crippen LogP) is 1.05. The summed E-state index contributed by atoms with van der Waals surface area (Å²) in [6, 6.07) is 5.58. The van der Waals surface area contributed by atoms with Gasteiger partial charge >= 0.3 is 0 Å². The number of nitrogens with two attached hydrogens (primary N) is 1. The number of H-pyrrole nitrogens is 2. The highest BCUT2D eigenvalue weighted by atomic mass is 16.1. The van der Waals surface area contributed by atoms with Gasteiger partial charge in [-0.3, -0.25) is 4.79 Å². The quantitative estimate of drug-likeness (QED) is 0.610. The van der Waals surface area contributed by atoms with Crippen molar-refractivity contribution >= 4 is 16.9 Å². The normalized spacial score (nSPS) is 10.8. The first-order valence-corrected chi connectivity index (χ1v) is 5.04. The van der Waals surface area contributed by atoms with E-state index < -0.39 is 5.91 Å². The zero-order valence-electron chi connectivity index (χ0n) is 8.77. The van der Waals surface area contributed by atoms with Gasteiger partial charge in [0, 0.05) is 18.0 Å². The van der Waals surface area contributed by atoms with Crippen molar-refractivity contribution in [3.05, 3.63) is 36.4 Å². The standard InChI is InChI=1S/C11H9N5O/c12-9(17)11-15-7-3-1-2-6(8(7)16-11)10-13-4-5-14-10/h1-5H,(H2,12,17)(H,13,14)(H,15,16). The highest BCUT2D eigenvalue weighted by Crippen LogP contribution is 2.24. The summed E-state index contributed by atoms with van der Waals surface area (Å²) in [7, 11) is 0. The summed E-state index contributed by atoms with van der Waals surface area (Å²) >= 11 is 0. The molecule has 0 fully saturated rings. The monoisotopic (exact) mass is 227 g/mol. The fraction of sp³-hybridized carbons (Fsp3) is 0. The van der Waals surface area contributed by atoms with Crippen molar-refractivity contribution in [3.63, 3.8) is 0 Å². The van der Waals surface area contributed by atoms with Crippen molar-refractivity contribution in [2.24, 2.45) is 5.73 Å². The van der Waals surface area contributed by atoms with Crippen molar-refractivity contribution in [3.8, 4) is 11.4 Å². The maximum atomic E-state index is 11.1. The number of aromatic amines is 2. The molecule has 0 aliphatic carbocycles. The Morgan fingerprint density at radius 1 is 1.35 bits per heavy atom. The summed E-state index contributed by atoms with van der Waals surface area (Å²) in [6.45, 7) is 0. The maximum absolute atomic E-state index is 11.1. The number of hydrogen-bond donors (Lipinski definition) is 3. The molecule has 2 aromatic heterocycles. The van der Waals surface area contributed by atoms with Gasteiger partial charge in [0.25, 0.3) is 5.91 Å². The number of primary amides is 1. The third-order valence-electron chi connectivity index (χ3n) is 2.50. The second-order valence-corrected chi connectivity index (χ2v) is 3.59. The smallest absolute Gasteiger partial charge is 0.284 e. The summed E-state index contributed by atoms with van der Waals surface area (Å²) in [6.07, 6.45) is 3.39. The summed E-state index contributed by atoms with van der Waals surface area (Å²) in [5.41, 5.74) is 7.45. The molecule has 0 unspecified atom stereocenters. The van der Waals surface area contributed by atoms with Crippen LogP contribution in [0.5, 0.6) is 0 Å². The first kappa shape index (κ1) is 9.59. The number of hydrogen-bond acceptors (Lipinski definition) is 3. The molecule has 2 heterocycles. The van der Waals surface area contributed by atoms with Crippen molar-refractivity contribution in [2.45, 2.75) is 0 Å². The van der Waals surface area contributed by atoms with Crippen molar-refractivity contribution in [1.29, 1.82) is 0 Å². The lowest BCUT2D eigenvalue weighted by atomic mass is 10.2. The Balaban J connectivity index is 2.29. The number of benzene rings is 1. The largest absolute Gasteiger partial charge is 0.363 e. The molecule has 0 aliphatic heterocycles. The van der Waals surface area contributed by atoms with Crippen molar-refractivity contribution < 1.29 is 4.79 Å². The average molecular weight is 227 g/mol. The topological polar surface area (TPSA) is 100 Å². The first-order chi connectivity index (χ1) is 8.25. The molecule has 6 heteroatoms. The second-order valence-electron chi connectivity index (χ2n) is 3.59. The molecular weight excluding hydrogens is 218 g/mol. The summed E-state index contributed by atoms with van der Waals surface area (Å²) in [5, 5.41) is 0. The number of fused-ring (bicyclic) bond motifs is 1. The number of rotatable bonds is 2. The molecule has 1 aromatic carbocycles. The van der Waals surface area contributed by atoms with E-state index in [1.165, 1.54) is 0 Å². The molecule has 0 bridgehead atoms. The molecule has 84 valence electrons. The molecule has 0 atom stereocenters. The van der Waals surface area contributed by atoms with Gasteiger partial charge in [-0.15, -0.1) is 0 Å². The van der Waals surface area contributed by atoms with Crippen LogP contribution in [0.1, 0.15) is 10.6 Å². The Kier molecular flexibility index (Phi) is 1.94. The minimum absolute atomic E-state index is 0.152. The molecular formula is C11H9N5O. The zero-order valence-corrected chi connectivity index (χ0v) is 8.77. The number of carbonyl (C=O) groups excluding carboxylic acids is 1. The van der Waals surface area contributed by atoms with Gasteiger partial charge < -0.3 is 15.7 Å². The average Bonchev–Trinajstić information content (AvgIpc) is 2.97. The molecule has 17 heavy (non-hydrogen) atoms. The highest BCUT2D eigenvalue weighted by molar-refractivity contribution is 5.96. The van der Waals surface area contributed by atoms with E-state index in [4.69, 9.17) is 5.73 Å². The Bertz CT molecular complexity index is 683. The molecule has 3 rings (SSSR count). The lowest BCUT2D eigenvalue weighted by Gasteiger charge is -1.96. The van der Waals surface area contributed by atoms with Crippen LogP contribution >= 0.6 is 0 Å². The number of aromatic nitrogens is 4. The van der Waals surface area contributed by atoms with Gasteiger partial charge in [-0.25, -0.2) is 9.97 Å². The summed E-state index contributed by atoms with van der Waals surface area (Å²) in [4.78, 5) is 25.3. The van der Waals surface area contributed by atoms with Crippen LogP contribution in [-0.2, 0) is 0 Å². The van der Waals surface area contributed by atoms with Crippen molar-refractivity contribution in [1.82, 2.24) is 19.9 Å². The van der Waals surface area contributed by atoms with E-state index in [2.05, 4.69) is 19.9 Å². The minimum Gasteiger partial charge on any atom is -0.363 e. The van der Waals surface area contributed by atoms with Crippen LogP contribution in [0.25, 0.3) is 22.4 Å². The van der Waals surface area contributed by atoms with E-state index in [1.54, 1.807) is 12.4 Å². The molecule has 0 saturated heterocycles. The van der Waals surface area contributed by atoms with Crippen LogP contribution in [0.3, 0.4) is 0 Å². The van der Waals surface area contributed by atoms with Crippen LogP contribution < -0.4 is 5.73 Å². The molecule has 6 nitrogen and oxygen atoms in total. The van der Waals surface area contributed by atoms with Gasteiger partial charge in [-0.2, -0.15) is 0 Å². The summed E-state index contributed by atoms with van der Waals surface area (Å²) < 4.78 is 0. The van der Waals surface area contributed by atoms with Crippen LogP contribution in [0, 0.1) is 0 Å². The third kappa shape index (κ3) is 1.46. The van der Waals surface area contributed by atoms with E-state index in [-0.39, 0.29) is 5.82 Å². The van der Waals surface area contributed by atoms with Gasteiger partial charge in [-0.1, -0.05) is 6.07 Å². The Morgan fingerprint density at radius 3 is 2.94 bits per heavy atom. The SMILES string of the molecule is NC(=O)c1nc2c(-c3ncc[nH]3)cccc2[nH]1. The number of nitrogens with zero attached hydrogens (tertiary/aromatic N) is 2. The maximum Gasteiger partial charge on any atom is 0.284 e. The van der Waals surface area contributed by atoms with Gasteiger partial charge in [0.05, 0.1) is 5.52 Å². The summed E-state index contributed by atoms with van der Waals surface area (Å²) in [5.74, 6) is 0.281. The van der Waals surface area contributed by atoms with Crippen LogP contribution in [0.2, 0.25) is 0 Å². The van der Waals surface area contributed by atoms with Crippen LogP contribution in [0.15, 0.2) is 30.6 Å². The number of para-hydroxylation sites is 1. The van der Waals surface area contributed by atoms with Gasteiger partial charge in [0.15, 0.2) is 5.82 Å². The Hall–Kier alpha value is -2.63. The molecule has 4 N–H and O–H groups in total. The predicted molar refractivity (Wildman–Crippen MR) is 62.2 cm³/mol. The van der Waals surface area contributed by atoms with E-state index in [0.29, 0.717) is 11.3 Å². The fourth-order valence-corrected chi connectivity index (χ4v) is 1.75. The number of carbonyl (C=O) groups is 1. The van der Waals surface area contributed by atoms with Gasteiger partial charge in [0.1, 0.15) is 11.3 Å². The fourth-order valence-electron chi connectivity index (χ4n) is 1.75. The first-order valence-electron chi connectivity index (χ1n) is 5.04. The lowest BCUT2D eigenvalue weighted by Crippen LogP contribution is -2.12. The van der Waals surface area contributed by atoms with E-state index >= 15 is 0 Å². The number of nitrogens with one attached hydrogen (secondary N) is 2. The molecule has 0 radical (unpaired) electrons. The van der Waals surface area contributed by atoms with Gasteiger partial charge in [-0.05, 0) is 12.1 Å². The third-order valence-corrected chi connectivity index (χ3v) is 2.50. The van der Waals surface area contributed by atoms with E-state index in [9.17, 15) is 4.79 Å². The Labute approximate surface area is 95.9 Å². The Morgan fingerprint density at radius 2 is 2.24 bits per heavy atom. The van der Waals surface area contributed by atoms with E-state index in [1.807, 2.05) is 18.2 Å². The lowest BCUT2D eigenvalue weighted by molar-refractivity contribution is 0.0991. The molecule has 0 aliphatic rings. The molecule has 3 aromatic rings. The highest BCUT2D eigenvalue weighted by Gasteiger charge is 2.12. The minimum atomic E-state index is -0.577. The van der Waals surface area contributed by atoms with Gasteiger partial charge in [0.2, 0.25) is 0 Å². The molecule has 1 amide bonds. The van der Waals surface area contributed by atoms with Crippen molar-refractivity contribution in [2.75, 3.05) is 0 Å². The second kappa shape index (κ2) is 3.44. The van der Waals surface area contributed by atoms with E-state index in [0.717, 1.165) is 11.1 Å². The van der Waals surface area contributed by atoms with Crippen LogP contribution in [0.4, 0.5) is 0 Å². The molecule has 0 saturated carbocycles. The number of amides is 1.